The molecular formula is C28H36Cl2N2O6. The highest BCUT2D eigenvalue weighted by Gasteiger charge is 2.31. The smallest absolute Gasteiger partial charge is 0.347 e. The van der Waals surface area contributed by atoms with Gasteiger partial charge in [0.15, 0.2) is 5.60 Å². The van der Waals surface area contributed by atoms with Gasteiger partial charge in [0.05, 0.1) is 30.5 Å². The molecule has 1 fully saturated rings. The molecular weight excluding hydrogens is 531 g/mol. The summed E-state index contributed by atoms with van der Waals surface area (Å²) in [6, 6.07) is 10.4. The van der Waals surface area contributed by atoms with Gasteiger partial charge in [-0.05, 0) is 70.7 Å². The van der Waals surface area contributed by atoms with Crippen molar-refractivity contribution >= 4 is 40.8 Å². The van der Waals surface area contributed by atoms with Gasteiger partial charge in [-0.15, -0.1) is 0 Å². The first-order chi connectivity index (χ1) is 18.0. The van der Waals surface area contributed by atoms with E-state index in [-0.39, 0.29) is 24.6 Å². The summed E-state index contributed by atoms with van der Waals surface area (Å²) in [7, 11) is 1.55. The number of carboxylic acid groups (broad SMARTS) is 1. The second-order valence-corrected chi connectivity index (χ2v) is 10.7. The van der Waals surface area contributed by atoms with Crippen molar-refractivity contribution in [3.63, 3.8) is 0 Å². The Morgan fingerprint density at radius 1 is 1.11 bits per heavy atom. The number of carbonyl (C=O) groups is 2. The summed E-state index contributed by atoms with van der Waals surface area (Å²) in [5.74, 6) is -0.320. The Morgan fingerprint density at radius 3 is 2.42 bits per heavy atom. The van der Waals surface area contributed by atoms with Crippen molar-refractivity contribution in [2.24, 2.45) is 0 Å². The summed E-state index contributed by atoms with van der Waals surface area (Å²) < 4.78 is 17.1. The third-order valence-corrected chi connectivity index (χ3v) is 7.18. The van der Waals surface area contributed by atoms with Crippen LogP contribution in [0.2, 0.25) is 10.0 Å². The predicted molar refractivity (Wildman–Crippen MR) is 149 cm³/mol. The molecule has 0 atom stereocenters. The molecule has 1 saturated carbocycles. The maximum absolute atomic E-state index is 13.1. The molecule has 1 aliphatic rings. The minimum absolute atomic E-state index is 0.149. The molecule has 1 aliphatic carbocycles. The lowest BCUT2D eigenvalue weighted by Crippen LogP contribution is -2.43. The first kappa shape index (κ1) is 30.0. The van der Waals surface area contributed by atoms with Crippen LogP contribution in [0.25, 0.3) is 0 Å². The normalized spacial score (nSPS) is 17.8. The van der Waals surface area contributed by atoms with E-state index < -0.39 is 11.6 Å². The predicted octanol–water partition coefficient (Wildman–Crippen LogP) is 6.03. The molecule has 2 aromatic rings. The van der Waals surface area contributed by atoms with Gasteiger partial charge in [-0.25, -0.2) is 4.79 Å². The molecule has 0 radical (unpaired) electrons. The van der Waals surface area contributed by atoms with Crippen LogP contribution in [0.15, 0.2) is 36.4 Å². The Hall–Kier alpha value is -2.52. The molecule has 38 heavy (non-hydrogen) atoms. The van der Waals surface area contributed by atoms with Crippen LogP contribution >= 0.6 is 23.2 Å². The minimum Gasteiger partial charge on any atom is -0.496 e. The summed E-state index contributed by atoms with van der Waals surface area (Å²) >= 11 is 12.3. The van der Waals surface area contributed by atoms with Crippen molar-refractivity contribution in [1.29, 1.82) is 0 Å². The topological polar surface area (TPSA) is 97.3 Å². The van der Waals surface area contributed by atoms with Crippen molar-refractivity contribution < 1.29 is 28.9 Å². The zero-order valence-corrected chi connectivity index (χ0v) is 23.8. The van der Waals surface area contributed by atoms with Gasteiger partial charge >= 0.3 is 5.97 Å². The molecule has 3 rings (SSSR count). The molecule has 0 aromatic heterocycles. The maximum Gasteiger partial charge on any atom is 0.347 e. The van der Waals surface area contributed by atoms with Crippen LogP contribution in [0.5, 0.6) is 11.5 Å². The highest BCUT2D eigenvalue weighted by molar-refractivity contribution is 6.36. The largest absolute Gasteiger partial charge is 0.496 e. The molecule has 10 heteroatoms. The van der Waals surface area contributed by atoms with E-state index in [1.165, 1.54) is 13.8 Å². The minimum atomic E-state index is -1.39. The summed E-state index contributed by atoms with van der Waals surface area (Å²) in [4.78, 5) is 26.7. The van der Waals surface area contributed by atoms with Crippen molar-refractivity contribution in [3.05, 3.63) is 52.0 Å². The maximum atomic E-state index is 13.1. The number of methoxy groups -OCH3 is 1. The van der Waals surface area contributed by atoms with Gasteiger partial charge in [0.1, 0.15) is 11.5 Å². The van der Waals surface area contributed by atoms with E-state index in [9.17, 15) is 14.7 Å². The third-order valence-electron chi connectivity index (χ3n) is 6.63. The highest BCUT2D eigenvalue weighted by atomic mass is 35.5. The van der Waals surface area contributed by atoms with Crippen LogP contribution in [-0.2, 0) is 20.9 Å². The molecule has 2 aromatic carbocycles. The van der Waals surface area contributed by atoms with Crippen molar-refractivity contribution in [3.8, 4) is 11.5 Å². The Bertz CT molecular complexity index is 1120. The molecule has 0 spiro atoms. The van der Waals surface area contributed by atoms with Gasteiger partial charge in [0, 0.05) is 35.8 Å². The number of hydrogen-bond acceptors (Lipinski definition) is 6. The second-order valence-electron chi connectivity index (χ2n) is 9.85. The number of halogens is 2. The number of nitrogens with zero attached hydrogens (tertiary/aromatic N) is 1. The van der Waals surface area contributed by atoms with E-state index in [1.807, 2.05) is 13.0 Å². The van der Waals surface area contributed by atoms with Gasteiger partial charge in [-0.1, -0.05) is 29.3 Å². The van der Waals surface area contributed by atoms with Crippen molar-refractivity contribution in [2.75, 3.05) is 25.6 Å². The number of carbonyl (C=O) groups excluding carboxylic acids is 1. The SMILES string of the molecule is CCOC1CCC(N(CC(=O)Nc2ccc(Cl)cc2Cl)Cc2ccc(OC(C)(C)C(=O)O)cc2OC)CC1. The van der Waals surface area contributed by atoms with E-state index in [2.05, 4.69) is 10.2 Å². The molecule has 0 bridgehead atoms. The molecule has 0 aliphatic heterocycles. The second kappa shape index (κ2) is 13.5. The van der Waals surface area contributed by atoms with Gasteiger partial charge in [0.25, 0.3) is 0 Å². The van der Waals surface area contributed by atoms with Crippen LogP contribution in [0, 0.1) is 0 Å². The van der Waals surface area contributed by atoms with Crippen LogP contribution < -0.4 is 14.8 Å². The van der Waals surface area contributed by atoms with E-state index in [4.69, 9.17) is 37.4 Å². The summed E-state index contributed by atoms with van der Waals surface area (Å²) in [5, 5.41) is 13.2. The zero-order valence-electron chi connectivity index (χ0n) is 22.3. The number of rotatable bonds is 12. The Morgan fingerprint density at radius 2 is 1.82 bits per heavy atom. The number of nitrogens with one attached hydrogen (secondary N) is 1. The lowest BCUT2D eigenvalue weighted by molar-refractivity contribution is -0.152. The van der Waals surface area contributed by atoms with Crippen LogP contribution in [0.4, 0.5) is 5.69 Å². The van der Waals surface area contributed by atoms with E-state index >= 15 is 0 Å². The fourth-order valence-corrected chi connectivity index (χ4v) is 5.02. The monoisotopic (exact) mass is 566 g/mol. The Kier molecular flexibility index (Phi) is 10.7. The number of amides is 1. The number of aliphatic carboxylic acids is 1. The Labute approximate surface area is 234 Å². The van der Waals surface area contributed by atoms with Gasteiger partial charge < -0.3 is 24.6 Å². The van der Waals surface area contributed by atoms with Gasteiger partial charge in [-0.2, -0.15) is 0 Å². The van der Waals surface area contributed by atoms with E-state index in [0.29, 0.717) is 40.4 Å². The first-order valence-corrected chi connectivity index (χ1v) is 13.5. The number of anilines is 1. The lowest BCUT2D eigenvalue weighted by atomic mass is 9.91. The standard InChI is InChI=1S/C28H36Cl2N2O6/c1-5-37-21-11-8-20(9-12-21)32(17-26(33)31-24-13-7-19(29)14-23(24)30)16-18-6-10-22(15-25(18)36-4)38-28(2,3)27(34)35/h6-7,10,13-15,20-21H,5,8-9,11-12,16-17H2,1-4H3,(H,31,33)(H,34,35). The molecule has 0 unspecified atom stereocenters. The van der Waals surface area contributed by atoms with E-state index in [1.54, 1.807) is 37.4 Å². The van der Waals surface area contributed by atoms with E-state index in [0.717, 1.165) is 31.2 Å². The van der Waals surface area contributed by atoms with Crippen LogP contribution in [0.3, 0.4) is 0 Å². The lowest BCUT2D eigenvalue weighted by Gasteiger charge is -2.36. The number of benzene rings is 2. The number of hydrogen-bond donors (Lipinski definition) is 2. The molecule has 8 nitrogen and oxygen atoms in total. The summed E-state index contributed by atoms with van der Waals surface area (Å²) in [6.45, 7) is 6.27. The molecule has 0 heterocycles. The van der Waals surface area contributed by atoms with Gasteiger partial charge in [-0.3, -0.25) is 9.69 Å². The molecule has 0 saturated heterocycles. The summed E-state index contributed by atoms with van der Waals surface area (Å²) in [6.07, 6.45) is 3.89. The zero-order chi connectivity index (χ0) is 27.9. The molecule has 1 amide bonds. The van der Waals surface area contributed by atoms with Crippen LogP contribution in [-0.4, -0.2) is 59.9 Å². The van der Waals surface area contributed by atoms with Crippen LogP contribution in [0.1, 0.15) is 52.0 Å². The number of ether oxygens (including phenoxy) is 3. The quantitative estimate of drug-likeness (QED) is 0.323. The first-order valence-electron chi connectivity index (χ1n) is 12.7. The molecule has 2 N–H and O–H groups in total. The Balaban J connectivity index is 1.79. The third kappa shape index (κ3) is 8.24. The van der Waals surface area contributed by atoms with Crippen molar-refractivity contribution in [1.82, 2.24) is 4.90 Å². The fourth-order valence-electron chi connectivity index (χ4n) is 4.57. The summed E-state index contributed by atoms with van der Waals surface area (Å²) in [5.41, 5.74) is -0.0304. The average Bonchev–Trinajstić information content (AvgIpc) is 2.86. The average molecular weight is 568 g/mol. The van der Waals surface area contributed by atoms with Gasteiger partial charge in [0.2, 0.25) is 5.91 Å². The molecule has 208 valence electrons. The van der Waals surface area contributed by atoms with Crippen molar-refractivity contribution in [2.45, 2.75) is 70.7 Å². The fraction of sp³-hybridized carbons (Fsp3) is 0.500. The number of carboxylic acids is 1. The highest BCUT2D eigenvalue weighted by Crippen LogP contribution is 2.32.